The molecule has 0 atom stereocenters. The van der Waals surface area contributed by atoms with Crippen LogP contribution >= 0.6 is 11.8 Å². The summed E-state index contributed by atoms with van der Waals surface area (Å²) in [6.45, 7) is 5.48. The lowest BCUT2D eigenvalue weighted by molar-refractivity contribution is 0.0758. The van der Waals surface area contributed by atoms with E-state index in [2.05, 4.69) is 4.72 Å². The number of nitrogens with one attached hydrogen (secondary N) is 1. The predicted molar refractivity (Wildman–Crippen MR) is 129 cm³/mol. The molecule has 168 valence electrons. The van der Waals surface area contributed by atoms with Crippen molar-refractivity contribution in [1.82, 2.24) is 4.90 Å². The molecule has 1 fully saturated rings. The molecule has 1 amide bonds. The maximum absolute atomic E-state index is 13.3. The summed E-state index contributed by atoms with van der Waals surface area (Å²) >= 11 is 1.47. The molecule has 31 heavy (non-hydrogen) atoms. The van der Waals surface area contributed by atoms with Crippen molar-refractivity contribution >= 4 is 33.4 Å². The van der Waals surface area contributed by atoms with Gasteiger partial charge in [-0.25, -0.2) is 8.42 Å². The zero-order chi connectivity index (χ0) is 22.4. The molecular formula is C24H32N2O3S2. The van der Waals surface area contributed by atoms with Crippen molar-refractivity contribution in [2.45, 2.75) is 62.2 Å². The third kappa shape index (κ3) is 5.44. The summed E-state index contributed by atoms with van der Waals surface area (Å²) in [6, 6.07) is 10.7. The first kappa shape index (κ1) is 23.7. The fourth-order valence-electron chi connectivity index (χ4n) is 4.03. The number of sulfonamides is 1. The van der Waals surface area contributed by atoms with E-state index >= 15 is 0 Å². The van der Waals surface area contributed by atoms with Crippen molar-refractivity contribution in [2.75, 3.05) is 24.1 Å². The predicted octanol–water partition coefficient (Wildman–Crippen LogP) is 5.35. The second-order valence-corrected chi connectivity index (χ2v) is 10.4. The van der Waals surface area contributed by atoms with Crippen molar-refractivity contribution in [3.8, 4) is 0 Å². The van der Waals surface area contributed by atoms with Gasteiger partial charge in [-0.15, -0.1) is 11.8 Å². The summed E-state index contributed by atoms with van der Waals surface area (Å²) in [5.74, 6) is -0.0773. The molecule has 1 aliphatic rings. The SMILES string of the molecule is CCc1cccc(CC)c1NS(=O)(=O)c1ccc(SC)c(C(=O)N2CCCCCC2)c1. The third-order valence-electron chi connectivity index (χ3n) is 5.84. The van der Waals surface area contributed by atoms with E-state index in [4.69, 9.17) is 0 Å². The highest BCUT2D eigenvalue weighted by Crippen LogP contribution is 2.29. The van der Waals surface area contributed by atoms with Crippen LogP contribution in [0, 0.1) is 0 Å². The average molecular weight is 461 g/mol. The van der Waals surface area contributed by atoms with Crippen molar-refractivity contribution < 1.29 is 13.2 Å². The first-order chi connectivity index (χ1) is 14.9. The van der Waals surface area contributed by atoms with Gasteiger partial charge in [-0.1, -0.05) is 44.9 Å². The smallest absolute Gasteiger partial charge is 0.261 e. The van der Waals surface area contributed by atoms with E-state index in [1.807, 2.05) is 43.2 Å². The summed E-state index contributed by atoms with van der Waals surface area (Å²) in [5, 5.41) is 0. The van der Waals surface area contributed by atoms with E-state index in [9.17, 15) is 13.2 Å². The second-order valence-electron chi connectivity index (χ2n) is 7.83. The number of carbonyl (C=O) groups excluding carboxylic acids is 1. The van der Waals surface area contributed by atoms with Gasteiger partial charge in [0.1, 0.15) is 0 Å². The van der Waals surface area contributed by atoms with Crippen LogP contribution in [0.2, 0.25) is 0 Å². The molecule has 2 aromatic rings. The Morgan fingerprint density at radius 1 is 1.00 bits per heavy atom. The van der Waals surface area contributed by atoms with Crippen LogP contribution in [0.25, 0.3) is 0 Å². The Morgan fingerprint density at radius 2 is 1.61 bits per heavy atom. The van der Waals surface area contributed by atoms with Crippen LogP contribution in [-0.2, 0) is 22.9 Å². The molecule has 0 unspecified atom stereocenters. The first-order valence-corrected chi connectivity index (χ1v) is 13.7. The molecule has 1 N–H and O–H groups in total. The molecule has 0 spiro atoms. The van der Waals surface area contributed by atoms with E-state index in [1.165, 1.54) is 11.8 Å². The summed E-state index contributed by atoms with van der Waals surface area (Å²) in [7, 11) is -3.83. The van der Waals surface area contributed by atoms with E-state index < -0.39 is 10.0 Å². The lowest BCUT2D eigenvalue weighted by Crippen LogP contribution is -2.32. The number of para-hydroxylation sites is 1. The van der Waals surface area contributed by atoms with E-state index in [1.54, 1.807) is 18.2 Å². The lowest BCUT2D eigenvalue weighted by atomic mass is 10.0. The maximum atomic E-state index is 13.3. The molecule has 0 aromatic heterocycles. The largest absolute Gasteiger partial charge is 0.339 e. The molecule has 0 bridgehead atoms. The number of rotatable bonds is 7. The van der Waals surface area contributed by atoms with Gasteiger partial charge in [-0.05, 0) is 61.3 Å². The van der Waals surface area contributed by atoms with E-state index in [0.717, 1.165) is 67.6 Å². The van der Waals surface area contributed by atoms with E-state index in [-0.39, 0.29) is 10.8 Å². The molecule has 1 heterocycles. The Labute approximate surface area is 190 Å². The lowest BCUT2D eigenvalue weighted by Gasteiger charge is -2.22. The number of benzene rings is 2. The number of amides is 1. The Hall–Kier alpha value is -1.99. The third-order valence-corrected chi connectivity index (χ3v) is 7.98. The number of hydrogen-bond acceptors (Lipinski definition) is 4. The number of carbonyl (C=O) groups is 1. The summed E-state index contributed by atoms with van der Waals surface area (Å²) in [6.07, 6.45) is 7.63. The van der Waals surface area contributed by atoms with Crippen LogP contribution in [-0.4, -0.2) is 38.6 Å². The Bertz CT molecular complexity index is 1000. The standard InChI is InChI=1S/C24H32N2O3S2/c1-4-18-11-10-12-19(5-2)23(18)25-31(28,29)20-13-14-22(30-3)21(17-20)24(27)26-15-8-6-7-9-16-26/h10-14,17,25H,4-9,15-16H2,1-3H3. The van der Waals surface area contributed by atoms with E-state index in [0.29, 0.717) is 11.3 Å². The Kier molecular flexibility index (Phi) is 8.06. The van der Waals surface area contributed by atoms with Crippen LogP contribution in [0.15, 0.2) is 46.2 Å². The maximum Gasteiger partial charge on any atom is 0.261 e. The summed E-state index contributed by atoms with van der Waals surface area (Å²) < 4.78 is 29.4. The number of anilines is 1. The van der Waals surface area contributed by atoms with Gasteiger partial charge < -0.3 is 4.90 Å². The fourth-order valence-corrected chi connectivity index (χ4v) is 5.77. The minimum absolute atomic E-state index is 0.0773. The molecule has 0 aliphatic carbocycles. The molecule has 7 heteroatoms. The number of nitrogens with zero attached hydrogens (tertiary/aromatic N) is 1. The zero-order valence-corrected chi connectivity index (χ0v) is 20.2. The molecule has 0 radical (unpaired) electrons. The molecule has 1 saturated heterocycles. The number of likely N-dealkylation sites (tertiary alicyclic amines) is 1. The van der Waals surface area contributed by atoms with Crippen LogP contribution in [0.1, 0.15) is 61.0 Å². The Morgan fingerprint density at radius 3 is 2.16 bits per heavy atom. The highest BCUT2D eigenvalue weighted by molar-refractivity contribution is 7.98. The first-order valence-electron chi connectivity index (χ1n) is 11.0. The number of aryl methyl sites for hydroxylation is 2. The minimum atomic E-state index is -3.83. The normalized spacial score (nSPS) is 14.9. The van der Waals surface area contributed by atoms with Gasteiger partial charge >= 0.3 is 0 Å². The topological polar surface area (TPSA) is 66.5 Å². The van der Waals surface area contributed by atoms with Gasteiger partial charge in [0.2, 0.25) is 0 Å². The van der Waals surface area contributed by atoms with Crippen molar-refractivity contribution in [3.63, 3.8) is 0 Å². The van der Waals surface area contributed by atoms with Crippen LogP contribution in [0.5, 0.6) is 0 Å². The average Bonchev–Trinajstić information content (AvgIpc) is 3.07. The fraction of sp³-hybridized carbons (Fsp3) is 0.458. The zero-order valence-electron chi connectivity index (χ0n) is 18.6. The quantitative estimate of drug-likeness (QED) is 0.566. The molecule has 0 saturated carbocycles. The highest BCUT2D eigenvalue weighted by Gasteiger charge is 2.24. The van der Waals surface area contributed by atoms with Gasteiger partial charge in [-0.2, -0.15) is 0 Å². The second kappa shape index (κ2) is 10.6. The molecular weight excluding hydrogens is 428 g/mol. The van der Waals surface area contributed by atoms with Gasteiger partial charge in [-0.3, -0.25) is 9.52 Å². The summed E-state index contributed by atoms with van der Waals surface area (Å²) in [5.41, 5.74) is 3.05. The van der Waals surface area contributed by atoms with Crippen LogP contribution in [0.4, 0.5) is 5.69 Å². The Balaban J connectivity index is 1.97. The minimum Gasteiger partial charge on any atom is -0.339 e. The number of thioether (sulfide) groups is 1. The van der Waals surface area contributed by atoms with Crippen molar-refractivity contribution in [2.24, 2.45) is 0 Å². The summed E-state index contributed by atoms with van der Waals surface area (Å²) in [4.78, 5) is 16.1. The van der Waals surface area contributed by atoms with Crippen molar-refractivity contribution in [1.29, 1.82) is 0 Å². The molecule has 3 rings (SSSR count). The van der Waals surface area contributed by atoms with Crippen molar-refractivity contribution in [3.05, 3.63) is 53.1 Å². The molecule has 2 aromatic carbocycles. The van der Waals surface area contributed by atoms with Gasteiger partial charge in [0.25, 0.3) is 15.9 Å². The monoisotopic (exact) mass is 460 g/mol. The molecule has 5 nitrogen and oxygen atoms in total. The highest BCUT2D eigenvalue weighted by atomic mass is 32.2. The van der Waals surface area contributed by atoms with Crippen LogP contribution < -0.4 is 4.72 Å². The van der Waals surface area contributed by atoms with Gasteiger partial charge in [0, 0.05) is 18.0 Å². The van der Waals surface area contributed by atoms with Gasteiger partial charge in [0.15, 0.2) is 0 Å². The van der Waals surface area contributed by atoms with Gasteiger partial charge in [0.05, 0.1) is 16.1 Å². The molecule has 1 aliphatic heterocycles. The van der Waals surface area contributed by atoms with Crippen LogP contribution in [0.3, 0.4) is 0 Å². The number of hydrogen-bond donors (Lipinski definition) is 1.